The molecule has 0 spiro atoms. The molecule has 0 aromatic carbocycles. The maximum absolute atomic E-state index is 14.5. The van der Waals surface area contributed by atoms with Gasteiger partial charge in [0.05, 0.1) is 38.8 Å². The molecule has 0 radical (unpaired) electrons. The molecule has 3 saturated heterocycles. The second-order valence-corrected chi connectivity index (χ2v) is 24.8. The summed E-state index contributed by atoms with van der Waals surface area (Å²) in [6.45, 7) is -4.18. The van der Waals surface area contributed by atoms with Gasteiger partial charge in [-0.05, 0) is 0 Å². The summed E-state index contributed by atoms with van der Waals surface area (Å²) in [6.07, 6.45) is -16.2. The predicted octanol–water partition coefficient (Wildman–Crippen LogP) is -4.49. The highest BCUT2D eigenvalue weighted by molar-refractivity contribution is 7.66. The average molecular weight is 1170 g/mol. The second-order valence-electron chi connectivity index (χ2n) is 16.3. The molecule has 18 N–H and O–H groups in total. The average Bonchev–Trinajstić information content (AvgIpc) is 4.18. The number of nitrogens with zero attached hydrogens (tertiary/aromatic N) is 12. The molecule has 9 rings (SSSR count). The first-order valence-electron chi connectivity index (χ1n) is 20.6. The molecule has 6 aromatic heterocycles. The standard InChI is InChI=1S/C30H40N15O25P5/c31-20-13-23(37-4-34-20)43(7-40-13)26-17(47)16(46)10(66-26)1-63-71(52,53)29(50)18(48)11(67-27(29)44-8-41-14-21(32)35-5-38-24(14)44)2-64-72(54,55)30(51)19(49)12(3-65-74(59,60)70-75(61,62)69-73(56,57)58)68-28(30)45-9-42-15-22(33)36-6-39-25(15)45/h4-12,16-19,26-28,46-51H,1-3H2,(H,52,53)(H,54,55)(H,59,60)(H,61,62)(H2,31,34,37)(H2,32,35,38)(H2,33,36,39)(H2,56,57,58)/t10-,11-,12-,16-,17-,18-,19-,26-,27-,28-,29+,30+/m1/s1. The number of aromatic nitrogens is 12. The van der Waals surface area contributed by atoms with Crippen LogP contribution in [0.1, 0.15) is 18.7 Å². The monoisotopic (exact) mass is 1170 g/mol. The zero-order valence-electron chi connectivity index (χ0n) is 36.9. The van der Waals surface area contributed by atoms with Gasteiger partial charge in [-0.15, -0.1) is 0 Å². The van der Waals surface area contributed by atoms with Gasteiger partial charge < -0.3 is 100 Å². The third-order valence-corrected chi connectivity index (χ3v) is 19.3. The minimum Gasteiger partial charge on any atom is -0.387 e. The largest absolute Gasteiger partial charge is 0.490 e. The topological polar surface area (TPSA) is 611 Å². The molecule has 410 valence electrons. The van der Waals surface area contributed by atoms with Crippen LogP contribution in [-0.4, -0.2) is 192 Å². The number of nitrogens with two attached hydrogens (primary N) is 3. The fourth-order valence-electron chi connectivity index (χ4n) is 8.20. The quantitative estimate of drug-likeness (QED) is 0.0361. The van der Waals surface area contributed by atoms with Crippen LogP contribution in [0.5, 0.6) is 0 Å². The highest BCUT2D eigenvalue weighted by Crippen LogP contribution is 2.69. The van der Waals surface area contributed by atoms with E-state index in [0.29, 0.717) is 4.57 Å². The lowest BCUT2D eigenvalue weighted by Crippen LogP contribution is -2.49. The van der Waals surface area contributed by atoms with Crippen molar-refractivity contribution in [1.82, 2.24) is 58.6 Å². The van der Waals surface area contributed by atoms with Gasteiger partial charge in [-0.2, -0.15) is 8.62 Å². The Morgan fingerprint density at radius 3 is 1.32 bits per heavy atom. The van der Waals surface area contributed by atoms with Gasteiger partial charge in [0.2, 0.25) is 10.7 Å². The van der Waals surface area contributed by atoms with Gasteiger partial charge in [-0.1, -0.05) is 0 Å². The molecule has 3 aliphatic rings. The number of nitrogen functional groups attached to an aromatic ring is 3. The molecule has 0 saturated carbocycles. The van der Waals surface area contributed by atoms with Crippen LogP contribution in [0, 0.1) is 0 Å². The lowest BCUT2D eigenvalue weighted by Gasteiger charge is -2.35. The summed E-state index contributed by atoms with van der Waals surface area (Å²) in [5.41, 5.74) is 16.7. The summed E-state index contributed by atoms with van der Waals surface area (Å²) in [6, 6.07) is 0. The molecule has 0 aliphatic carbocycles. The Kier molecular flexibility index (Phi) is 14.3. The van der Waals surface area contributed by atoms with Crippen molar-refractivity contribution in [2.24, 2.45) is 0 Å². The summed E-state index contributed by atoms with van der Waals surface area (Å²) >= 11 is 0. The summed E-state index contributed by atoms with van der Waals surface area (Å²) in [5.74, 6) is -0.604. The Balaban J connectivity index is 0.997. The van der Waals surface area contributed by atoms with Gasteiger partial charge in [-0.3, -0.25) is 27.4 Å². The third-order valence-electron chi connectivity index (χ3n) is 11.7. The number of hydrogen-bond donors (Lipinski definition) is 15. The fourth-order valence-corrected chi connectivity index (χ4v) is 14.3. The lowest BCUT2D eigenvalue weighted by atomic mass is 10.1. The molecular formula is C30H40N15O25P5. The molecular weight excluding hydrogens is 1130 g/mol. The number of imidazole rings is 3. The zero-order chi connectivity index (χ0) is 54.6. The predicted molar refractivity (Wildman–Crippen MR) is 236 cm³/mol. The van der Waals surface area contributed by atoms with E-state index in [4.69, 9.17) is 50.2 Å². The Morgan fingerprint density at radius 2 is 0.893 bits per heavy atom. The van der Waals surface area contributed by atoms with E-state index in [-0.39, 0.29) is 50.9 Å². The van der Waals surface area contributed by atoms with Crippen molar-refractivity contribution in [3.05, 3.63) is 38.0 Å². The summed E-state index contributed by atoms with van der Waals surface area (Å²) in [7, 11) is -30.0. The van der Waals surface area contributed by atoms with Crippen molar-refractivity contribution < 1.29 is 119 Å². The number of anilines is 3. The van der Waals surface area contributed by atoms with Crippen LogP contribution >= 0.6 is 38.7 Å². The third kappa shape index (κ3) is 9.69. The molecule has 16 atom stereocenters. The molecule has 3 fully saturated rings. The van der Waals surface area contributed by atoms with E-state index in [9.17, 15) is 73.0 Å². The number of hydrogen-bond acceptors (Lipinski definition) is 31. The Labute approximate surface area is 413 Å². The van der Waals surface area contributed by atoms with Crippen LogP contribution in [0.2, 0.25) is 0 Å². The summed E-state index contributed by atoms with van der Waals surface area (Å²) in [4.78, 5) is 96.1. The van der Waals surface area contributed by atoms with Crippen LogP contribution in [0.25, 0.3) is 33.5 Å². The number of aliphatic hydroxyl groups is 6. The van der Waals surface area contributed by atoms with E-state index >= 15 is 0 Å². The SMILES string of the molecule is Nc1ncnc2c1ncn2[C@@H]1O[C@H](COP(=O)(O)[C@@]2(O)[C@H](O)[C@@H](COP(=O)(O)[C@@]3(O)[C@H](O)[C@@H](COP(=O)(O)OP(=O)(O)OP(=O)(O)O)O[C@H]3n3cnc4c(N)ncnc43)O[C@H]2n2cnc3c(N)ncnc32)[C@@H](O)[C@H]1O. The van der Waals surface area contributed by atoms with E-state index < -0.39 is 131 Å². The fraction of sp³-hybridized carbons (Fsp3) is 0.500. The minimum absolute atomic E-state index is 0.0458. The molecule has 40 nitrogen and oxygen atoms in total. The lowest BCUT2D eigenvalue weighted by molar-refractivity contribution is -0.0834. The number of ether oxygens (including phenoxy) is 3. The molecule has 4 unspecified atom stereocenters. The second kappa shape index (κ2) is 19.4. The van der Waals surface area contributed by atoms with Gasteiger partial charge in [0.1, 0.15) is 78.3 Å². The minimum atomic E-state index is -6.16. The van der Waals surface area contributed by atoms with Crippen LogP contribution in [-0.2, 0) is 59.2 Å². The van der Waals surface area contributed by atoms with Gasteiger partial charge in [0.15, 0.2) is 53.1 Å². The van der Waals surface area contributed by atoms with Crippen molar-refractivity contribution in [3.63, 3.8) is 0 Å². The first kappa shape index (κ1) is 55.2. The number of rotatable bonds is 18. The van der Waals surface area contributed by atoms with E-state index in [1.807, 2.05) is 0 Å². The van der Waals surface area contributed by atoms with Crippen LogP contribution < -0.4 is 17.2 Å². The summed E-state index contributed by atoms with van der Waals surface area (Å²) < 4.78 is 107. The molecule has 6 aromatic rings. The van der Waals surface area contributed by atoms with E-state index in [2.05, 4.69) is 58.0 Å². The Hall–Kier alpha value is -4.60. The van der Waals surface area contributed by atoms with Crippen molar-refractivity contribution in [1.29, 1.82) is 0 Å². The number of fused-ring (bicyclic) bond motifs is 3. The van der Waals surface area contributed by atoms with Gasteiger partial charge in [0.25, 0.3) is 0 Å². The van der Waals surface area contributed by atoms with Crippen molar-refractivity contribution in [3.8, 4) is 0 Å². The van der Waals surface area contributed by atoms with Crippen LogP contribution in [0.3, 0.4) is 0 Å². The van der Waals surface area contributed by atoms with Crippen LogP contribution in [0.4, 0.5) is 17.5 Å². The van der Waals surface area contributed by atoms with Gasteiger partial charge in [0, 0.05) is 0 Å². The van der Waals surface area contributed by atoms with Crippen molar-refractivity contribution in [2.75, 3.05) is 37.0 Å². The number of phosphoric acid groups is 3. The first-order chi connectivity index (χ1) is 34.9. The van der Waals surface area contributed by atoms with Crippen LogP contribution in [0.15, 0.2) is 38.0 Å². The van der Waals surface area contributed by atoms with E-state index in [0.717, 1.165) is 42.5 Å². The normalized spacial score (nSPS) is 32.7. The molecule has 3 aliphatic heterocycles. The highest BCUT2D eigenvalue weighted by atomic mass is 31.3. The van der Waals surface area contributed by atoms with Gasteiger partial charge in [-0.25, -0.2) is 58.6 Å². The van der Waals surface area contributed by atoms with Crippen molar-refractivity contribution >= 4 is 89.6 Å². The maximum Gasteiger partial charge on any atom is 0.490 e. The Bertz CT molecular complexity index is 3420. The molecule has 75 heavy (non-hydrogen) atoms. The number of phosphoric ester groups is 1. The van der Waals surface area contributed by atoms with Crippen molar-refractivity contribution in [2.45, 2.75) is 72.1 Å². The molecule has 0 bridgehead atoms. The first-order valence-corrected chi connectivity index (χ1v) is 28.2. The molecule has 0 amide bonds. The smallest absolute Gasteiger partial charge is 0.387 e. The Morgan fingerprint density at radius 1 is 0.507 bits per heavy atom. The van der Waals surface area contributed by atoms with E-state index in [1.54, 1.807) is 0 Å². The maximum atomic E-state index is 14.5. The highest BCUT2D eigenvalue weighted by Gasteiger charge is 2.71. The number of aliphatic hydroxyl groups excluding tert-OH is 4. The van der Waals surface area contributed by atoms with E-state index in [1.165, 1.54) is 4.57 Å². The summed E-state index contributed by atoms with van der Waals surface area (Å²) in [5, 5.41) is 62.6. The zero-order valence-corrected chi connectivity index (χ0v) is 41.3. The van der Waals surface area contributed by atoms with Gasteiger partial charge >= 0.3 is 38.7 Å². The molecule has 9 heterocycles. The molecule has 45 heteroatoms.